The zero-order valence-electron chi connectivity index (χ0n) is 16.7. The topological polar surface area (TPSA) is 51.5 Å². The number of halogens is 2. The van der Waals surface area contributed by atoms with Gasteiger partial charge in [0.15, 0.2) is 0 Å². The molecule has 0 aliphatic heterocycles. The third kappa shape index (κ3) is 4.53. The van der Waals surface area contributed by atoms with Crippen LogP contribution in [0.15, 0.2) is 83.3 Å². The Labute approximate surface area is 193 Å². The molecule has 0 aliphatic carbocycles. The largest absolute Gasteiger partial charge is 0.488 e. The number of rotatable bonds is 6. The Morgan fingerprint density at radius 1 is 1.03 bits per heavy atom. The van der Waals surface area contributed by atoms with Gasteiger partial charge in [-0.1, -0.05) is 57.9 Å². The summed E-state index contributed by atoms with van der Waals surface area (Å²) in [5.41, 5.74) is 4.60. The SMILES string of the molecule is Cc1ccc(-c2cc(Br)ccc2OCc2ccccc2)n1-c1ccc(Cl)c(C(=O)O)c1. The standard InChI is InChI=1S/C25H19BrClNO3/c1-16-7-11-23(28(16)19-9-10-22(27)20(14-19)25(29)30)21-13-18(26)8-12-24(21)31-15-17-5-3-2-4-6-17/h2-14H,15H2,1H3,(H,29,30). The van der Waals surface area contributed by atoms with Gasteiger partial charge in [-0.2, -0.15) is 0 Å². The van der Waals surface area contributed by atoms with Crippen molar-refractivity contribution >= 4 is 33.5 Å². The Bertz CT molecular complexity index is 1250. The van der Waals surface area contributed by atoms with E-state index in [1.54, 1.807) is 12.1 Å². The van der Waals surface area contributed by atoms with Crippen molar-refractivity contribution in [2.45, 2.75) is 13.5 Å². The van der Waals surface area contributed by atoms with Crippen LogP contribution in [0, 0.1) is 6.92 Å². The smallest absolute Gasteiger partial charge is 0.337 e. The van der Waals surface area contributed by atoms with Gasteiger partial charge in [0.25, 0.3) is 0 Å². The fraction of sp³-hybridized carbons (Fsp3) is 0.0800. The third-order valence-electron chi connectivity index (χ3n) is 4.97. The highest BCUT2D eigenvalue weighted by Crippen LogP contribution is 2.36. The Morgan fingerprint density at radius 3 is 2.55 bits per heavy atom. The molecule has 0 bridgehead atoms. The van der Waals surface area contributed by atoms with Crippen molar-refractivity contribution in [1.29, 1.82) is 0 Å². The molecule has 3 aromatic carbocycles. The van der Waals surface area contributed by atoms with Crippen LogP contribution >= 0.6 is 27.5 Å². The monoisotopic (exact) mass is 495 g/mol. The molecule has 0 saturated carbocycles. The van der Waals surface area contributed by atoms with Gasteiger partial charge in [0.1, 0.15) is 12.4 Å². The second-order valence-electron chi connectivity index (χ2n) is 7.08. The molecule has 0 atom stereocenters. The molecule has 4 aromatic rings. The zero-order chi connectivity index (χ0) is 22.0. The molecule has 0 unspecified atom stereocenters. The summed E-state index contributed by atoms with van der Waals surface area (Å²) in [4.78, 5) is 11.6. The van der Waals surface area contributed by atoms with Crippen LogP contribution in [-0.4, -0.2) is 15.6 Å². The minimum absolute atomic E-state index is 0.0630. The van der Waals surface area contributed by atoms with Crippen molar-refractivity contribution in [3.63, 3.8) is 0 Å². The van der Waals surface area contributed by atoms with Gasteiger partial charge in [-0.05, 0) is 61.0 Å². The molecule has 4 rings (SSSR count). The van der Waals surface area contributed by atoms with E-state index in [4.69, 9.17) is 16.3 Å². The zero-order valence-corrected chi connectivity index (χ0v) is 19.0. The second-order valence-corrected chi connectivity index (χ2v) is 8.40. The average Bonchev–Trinajstić information content (AvgIpc) is 3.15. The summed E-state index contributed by atoms with van der Waals surface area (Å²) >= 11 is 9.64. The van der Waals surface area contributed by atoms with Crippen molar-refractivity contribution in [1.82, 2.24) is 4.57 Å². The molecule has 0 spiro atoms. The maximum absolute atomic E-state index is 11.6. The third-order valence-corrected chi connectivity index (χ3v) is 5.79. The molecule has 4 nitrogen and oxygen atoms in total. The normalized spacial score (nSPS) is 10.8. The number of nitrogens with zero attached hydrogens (tertiary/aromatic N) is 1. The van der Waals surface area contributed by atoms with Crippen LogP contribution in [0.1, 0.15) is 21.6 Å². The number of ether oxygens (including phenoxy) is 1. The molecule has 0 radical (unpaired) electrons. The molecule has 1 heterocycles. The van der Waals surface area contributed by atoms with Crippen LogP contribution in [0.25, 0.3) is 16.9 Å². The predicted octanol–water partition coefficient (Wildman–Crippen LogP) is 7.15. The van der Waals surface area contributed by atoms with Crippen LogP contribution in [-0.2, 0) is 6.61 Å². The van der Waals surface area contributed by atoms with E-state index in [1.165, 1.54) is 0 Å². The quantitative estimate of drug-likeness (QED) is 0.308. The van der Waals surface area contributed by atoms with E-state index in [9.17, 15) is 9.90 Å². The lowest BCUT2D eigenvalue weighted by atomic mass is 10.1. The first-order chi connectivity index (χ1) is 14.9. The summed E-state index contributed by atoms with van der Waals surface area (Å²) < 4.78 is 9.08. The maximum Gasteiger partial charge on any atom is 0.337 e. The van der Waals surface area contributed by atoms with Gasteiger partial charge in [0.05, 0.1) is 16.3 Å². The Balaban J connectivity index is 1.79. The van der Waals surface area contributed by atoms with Crippen molar-refractivity contribution in [2.24, 2.45) is 0 Å². The number of aryl methyl sites for hydroxylation is 1. The summed E-state index contributed by atoms with van der Waals surface area (Å²) in [5.74, 6) is -0.327. The number of hydrogen-bond donors (Lipinski definition) is 1. The lowest BCUT2D eigenvalue weighted by molar-refractivity contribution is 0.0697. The van der Waals surface area contributed by atoms with Crippen molar-refractivity contribution in [3.8, 4) is 22.7 Å². The summed E-state index contributed by atoms with van der Waals surface area (Å²) in [7, 11) is 0. The van der Waals surface area contributed by atoms with Crippen LogP contribution in [0.2, 0.25) is 5.02 Å². The molecule has 0 amide bonds. The van der Waals surface area contributed by atoms with E-state index >= 15 is 0 Å². The number of aromatic nitrogens is 1. The van der Waals surface area contributed by atoms with Crippen LogP contribution in [0.5, 0.6) is 5.75 Å². The van der Waals surface area contributed by atoms with Crippen LogP contribution in [0.3, 0.4) is 0 Å². The summed E-state index contributed by atoms with van der Waals surface area (Å²) in [6.45, 7) is 2.42. The minimum atomic E-state index is -1.06. The Morgan fingerprint density at radius 2 is 1.81 bits per heavy atom. The molecule has 6 heteroatoms. The fourth-order valence-electron chi connectivity index (χ4n) is 3.47. The number of carboxylic acid groups (broad SMARTS) is 1. The van der Waals surface area contributed by atoms with Gasteiger partial charge in [0.2, 0.25) is 0 Å². The molecule has 0 aliphatic rings. The summed E-state index contributed by atoms with van der Waals surface area (Å²) in [6.07, 6.45) is 0. The van der Waals surface area contributed by atoms with E-state index in [0.717, 1.165) is 32.7 Å². The van der Waals surface area contributed by atoms with Gasteiger partial charge < -0.3 is 14.4 Å². The molecule has 31 heavy (non-hydrogen) atoms. The van der Waals surface area contributed by atoms with E-state index in [2.05, 4.69) is 15.9 Å². The van der Waals surface area contributed by atoms with E-state index in [0.29, 0.717) is 12.3 Å². The predicted molar refractivity (Wildman–Crippen MR) is 126 cm³/mol. The number of carboxylic acids is 1. The highest BCUT2D eigenvalue weighted by Gasteiger charge is 2.17. The van der Waals surface area contributed by atoms with Crippen LogP contribution in [0.4, 0.5) is 0 Å². The molecule has 1 N–H and O–H groups in total. The van der Waals surface area contributed by atoms with Gasteiger partial charge in [-0.25, -0.2) is 4.79 Å². The first-order valence-corrected chi connectivity index (χ1v) is 10.8. The lowest BCUT2D eigenvalue weighted by Gasteiger charge is -2.17. The van der Waals surface area contributed by atoms with Crippen molar-refractivity contribution < 1.29 is 14.6 Å². The molecule has 0 saturated heterocycles. The number of hydrogen-bond acceptors (Lipinski definition) is 2. The minimum Gasteiger partial charge on any atom is -0.488 e. The summed E-state index contributed by atoms with van der Waals surface area (Å²) in [5, 5.41) is 9.69. The first-order valence-electron chi connectivity index (χ1n) is 9.62. The van der Waals surface area contributed by atoms with Gasteiger partial charge in [-0.15, -0.1) is 0 Å². The van der Waals surface area contributed by atoms with Gasteiger partial charge in [0, 0.05) is 21.4 Å². The van der Waals surface area contributed by atoms with E-state index in [-0.39, 0.29) is 10.6 Å². The Hall–Kier alpha value is -3.02. The maximum atomic E-state index is 11.6. The number of carbonyl (C=O) groups is 1. The Kier molecular flexibility index (Phi) is 6.16. The molecule has 1 aromatic heterocycles. The summed E-state index contributed by atoms with van der Waals surface area (Å²) in [6, 6.07) is 24.9. The van der Waals surface area contributed by atoms with Gasteiger partial charge in [-0.3, -0.25) is 0 Å². The molecule has 0 fully saturated rings. The molecular formula is C25H19BrClNO3. The van der Waals surface area contributed by atoms with Crippen molar-refractivity contribution in [3.05, 3.63) is 105 Å². The lowest BCUT2D eigenvalue weighted by Crippen LogP contribution is -2.04. The number of benzene rings is 3. The highest BCUT2D eigenvalue weighted by molar-refractivity contribution is 9.10. The highest BCUT2D eigenvalue weighted by atomic mass is 79.9. The fourth-order valence-corrected chi connectivity index (χ4v) is 4.03. The average molecular weight is 497 g/mol. The molecular weight excluding hydrogens is 478 g/mol. The molecule has 156 valence electrons. The van der Waals surface area contributed by atoms with E-state index in [1.807, 2.05) is 78.2 Å². The van der Waals surface area contributed by atoms with Gasteiger partial charge >= 0.3 is 5.97 Å². The van der Waals surface area contributed by atoms with E-state index < -0.39 is 5.97 Å². The second kappa shape index (κ2) is 9.00. The van der Waals surface area contributed by atoms with Crippen LogP contribution < -0.4 is 4.74 Å². The number of aromatic carboxylic acids is 1. The van der Waals surface area contributed by atoms with Crippen molar-refractivity contribution in [2.75, 3.05) is 0 Å². The first kappa shape index (κ1) is 21.2.